The summed E-state index contributed by atoms with van der Waals surface area (Å²) >= 11 is 5.87. The minimum atomic E-state index is -3.77. The predicted octanol–water partition coefficient (Wildman–Crippen LogP) is 4.70. The summed E-state index contributed by atoms with van der Waals surface area (Å²) in [6, 6.07) is 22.0. The number of carbonyl (C=O) groups excluding carboxylic acids is 1. The second-order valence-electron chi connectivity index (χ2n) is 6.42. The van der Waals surface area contributed by atoms with E-state index in [1.54, 1.807) is 42.5 Å². The van der Waals surface area contributed by atoms with Gasteiger partial charge in [-0.1, -0.05) is 54.1 Å². The third-order valence-corrected chi connectivity index (χ3v) is 6.48. The second-order valence-corrected chi connectivity index (χ2v) is 8.72. The molecule has 146 valence electrons. The fourth-order valence-corrected chi connectivity index (χ4v) is 4.64. The smallest absolute Gasteiger partial charge is 0.343 e. The van der Waals surface area contributed by atoms with Crippen LogP contribution in [-0.2, 0) is 21.3 Å². The lowest BCUT2D eigenvalue weighted by Gasteiger charge is -2.27. The number of carbonyl (C=O) groups is 1. The largest absolute Gasteiger partial charge is 0.421 e. The van der Waals surface area contributed by atoms with Gasteiger partial charge in [-0.3, -0.25) is 4.31 Å². The van der Waals surface area contributed by atoms with Gasteiger partial charge in [-0.15, -0.1) is 0 Å². The Morgan fingerprint density at radius 1 is 0.897 bits per heavy atom. The van der Waals surface area contributed by atoms with Crippen molar-refractivity contribution in [1.82, 2.24) is 4.31 Å². The fourth-order valence-electron chi connectivity index (χ4n) is 3.01. The van der Waals surface area contributed by atoms with E-state index in [-0.39, 0.29) is 17.2 Å². The minimum absolute atomic E-state index is 0.0948. The van der Waals surface area contributed by atoms with Gasteiger partial charge in [-0.05, 0) is 42.0 Å². The number of halogens is 1. The van der Waals surface area contributed by atoms with Crippen LogP contribution < -0.4 is 0 Å². The molecule has 0 saturated heterocycles. The van der Waals surface area contributed by atoms with Gasteiger partial charge >= 0.3 is 5.97 Å². The first kappa shape index (κ1) is 19.2. The van der Waals surface area contributed by atoms with Crippen LogP contribution in [0.1, 0.15) is 21.5 Å². The Morgan fingerprint density at radius 3 is 2.28 bits per heavy atom. The van der Waals surface area contributed by atoms with Crippen LogP contribution in [-0.4, -0.2) is 18.7 Å². The van der Waals surface area contributed by atoms with Gasteiger partial charge in [-0.2, -0.15) is 0 Å². The van der Waals surface area contributed by atoms with Gasteiger partial charge in [0.05, 0.1) is 23.2 Å². The molecule has 3 aromatic carbocycles. The molecule has 29 heavy (non-hydrogen) atoms. The van der Waals surface area contributed by atoms with Crippen LogP contribution in [0.4, 0.5) is 0 Å². The molecule has 3 aromatic rings. The van der Waals surface area contributed by atoms with E-state index in [4.69, 9.17) is 16.3 Å². The van der Waals surface area contributed by atoms with Gasteiger partial charge in [-0.25, -0.2) is 13.2 Å². The van der Waals surface area contributed by atoms with Crippen LogP contribution in [0.3, 0.4) is 0 Å². The predicted molar refractivity (Wildman–Crippen MR) is 110 cm³/mol. The zero-order valence-electron chi connectivity index (χ0n) is 15.2. The Bertz CT molecular complexity index is 1190. The van der Waals surface area contributed by atoms with E-state index < -0.39 is 16.0 Å². The van der Waals surface area contributed by atoms with Crippen molar-refractivity contribution in [3.63, 3.8) is 0 Å². The Labute approximate surface area is 173 Å². The number of hydrogen-bond donors (Lipinski definition) is 0. The second kappa shape index (κ2) is 7.73. The van der Waals surface area contributed by atoms with Crippen molar-refractivity contribution in [2.24, 2.45) is 0 Å². The maximum Gasteiger partial charge on any atom is 0.343 e. The highest BCUT2D eigenvalue weighted by molar-refractivity contribution is 7.89. The van der Waals surface area contributed by atoms with Gasteiger partial charge in [0.1, 0.15) is 0 Å². The first-order valence-corrected chi connectivity index (χ1v) is 10.6. The number of hydrogen-bond acceptors (Lipinski definition) is 4. The molecule has 0 atom stereocenters. The van der Waals surface area contributed by atoms with E-state index >= 15 is 0 Å². The Morgan fingerprint density at radius 2 is 1.55 bits per heavy atom. The van der Waals surface area contributed by atoms with E-state index in [9.17, 15) is 13.2 Å². The molecule has 0 spiro atoms. The van der Waals surface area contributed by atoms with Gasteiger partial charge in [0.2, 0.25) is 0 Å². The van der Waals surface area contributed by atoms with Crippen LogP contribution in [0.2, 0.25) is 5.02 Å². The highest BCUT2D eigenvalue weighted by Gasteiger charge is 2.32. The van der Waals surface area contributed by atoms with Crippen molar-refractivity contribution in [2.45, 2.75) is 11.4 Å². The lowest BCUT2D eigenvalue weighted by Crippen LogP contribution is -2.30. The summed E-state index contributed by atoms with van der Waals surface area (Å²) < 4.78 is 32.9. The number of fused-ring (bicyclic) bond motifs is 1. The van der Waals surface area contributed by atoms with E-state index in [1.807, 2.05) is 30.3 Å². The molecule has 7 heteroatoms. The van der Waals surface area contributed by atoms with Crippen LogP contribution in [0.25, 0.3) is 5.76 Å². The Kier molecular flexibility index (Phi) is 5.13. The van der Waals surface area contributed by atoms with E-state index in [0.717, 1.165) is 5.56 Å². The molecule has 0 fully saturated rings. The lowest BCUT2D eigenvalue weighted by atomic mass is 10.1. The molecule has 0 aliphatic carbocycles. The molecule has 0 saturated carbocycles. The van der Waals surface area contributed by atoms with Crippen molar-refractivity contribution < 1.29 is 17.9 Å². The number of esters is 1. The maximum absolute atomic E-state index is 13.1. The summed E-state index contributed by atoms with van der Waals surface area (Å²) in [6.07, 6.45) is 1.36. The summed E-state index contributed by atoms with van der Waals surface area (Å²) in [7, 11) is -3.77. The number of ether oxygens (including phenoxy) is 1. The van der Waals surface area contributed by atoms with E-state index in [2.05, 4.69) is 0 Å². The summed E-state index contributed by atoms with van der Waals surface area (Å²) in [5.74, 6) is -0.423. The topological polar surface area (TPSA) is 63.7 Å². The van der Waals surface area contributed by atoms with Crippen molar-refractivity contribution >= 4 is 33.4 Å². The van der Waals surface area contributed by atoms with Crippen molar-refractivity contribution in [1.29, 1.82) is 0 Å². The van der Waals surface area contributed by atoms with E-state index in [1.165, 1.54) is 16.6 Å². The molecule has 1 heterocycles. The van der Waals surface area contributed by atoms with Gasteiger partial charge < -0.3 is 4.74 Å². The fraction of sp³-hybridized carbons (Fsp3) is 0.0455. The van der Waals surface area contributed by atoms with Crippen LogP contribution in [0, 0.1) is 0 Å². The number of rotatable bonds is 4. The van der Waals surface area contributed by atoms with Crippen LogP contribution >= 0.6 is 11.6 Å². The molecule has 5 nitrogen and oxygen atoms in total. The molecule has 0 radical (unpaired) electrons. The molecule has 0 N–H and O–H groups in total. The third kappa shape index (κ3) is 3.90. The van der Waals surface area contributed by atoms with E-state index in [0.29, 0.717) is 16.1 Å². The van der Waals surface area contributed by atoms with Crippen molar-refractivity contribution in [2.75, 3.05) is 0 Å². The summed E-state index contributed by atoms with van der Waals surface area (Å²) in [5, 5.41) is 0.504. The van der Waals surface area contributed by atoms with Crippen LogP contribution in [0.15, 0.2) is 90.0 Å². The number of sulfonamides is 1. The third-order valence-electron chi connectivity index (χ3n) is 4.46. The molecule has 0 amide bonds. The van der Waals surface area contributed by atoms with Crippen molar-refractivity contribution in [3.8, 4) is 0 Å². The summed E-state index contributed by atoms with van der Waals surface area (Å²) in [4.78, 5) is 12.7. The lowest BCUT2D eigenvalue weighted by molar-refractivity contribution is 0.0689. The van der Waals surface area contributed by atoms with Gasteiger partial charge in [0, 0.05) is 10.6 Å². The molecular weight excluding hydrogens is 410 g/mol. The molecule has 1 aliphatic rings. The molecule has 0 bridgehead atoms. The monoisotopic (exact) mass is 425 g/mol. The number of benzene rings is 3. The zero-order chi connectivity index (χ0) is 20.4. The van der Waals surface area contributed by atoms with Crippen LogP contribution in [0.5, 0.6) is 0 Å². The minimum Gasteiger partial charge on any atom is -0.421 e. The molecule has 1 aliphatic heterocycles. The van der Waals surface area contributed by atoms with Gasteiger partial charge in [0.25, 0.3) is 10.0 Å². The zero-order valence-corrected chi connectivity index (χ0v) is 16.7. The Hall–Kier alpha value is -3.09. The van der Waals surface area contributed by atoms with Crippen molar-refractivity contribution in [3.05, 3.63) is 107 Å². The quantitative estimate of drug-likeness (QED) is 0.568. The standard InChI is InChI=1S/C22H16ClNO4S/c23-18-12-10-17(11-13-18)22(25)28-20-15-24(14-16-6-2-1-3-7-16)29(26,27)21-9-5-4-8-19(20)21/h1-13,15H,14H2. The first-order valence-electron chi connectivity index (χ1n) is 8.80. The molecule has 0 unspecified atom stereocenters. The van der Waals surface area contributed by atoms with Gasteiger partial charge in [0.15, 0.2) is 5.76 Å². The Balaban J connectivity index is 1.72. The molecular formula is C22H16ClNO4S. The highest BCUT2D eigenvalue weighted by atomic mass is 35.5. The highest BCUT2D eigenvalue weighted by Crippen LogP contribution is 2.34. The first-order chi connectivity index (χ1) is 13.9. The average Bonchev–Trinajstić information content (AvgIpc) is 2.73. The summed E-state index contributed by atoms with van der Waals surface area (Å²) in [6.45, 7) is 0.125. The number of nitrogens with zero attached hydrogens (tertiary/aromatic N) is 1. The average molecular weight is 426 g/mol. The normalized spacial score (nSPS) is 14.7. The molecule has 0 aromatic heterocycles. The molecule has 4 rings (SSSR count). The SMILES string of the molecule is O=C(OC1=CN(Cc2ccccc2)S(=O)(=O)c2ccccc21)c1ccc(Cl)cc1. The maximum atomic E-state index is 13.1. The summed E-state index contributed by atoms with van der Waals surface area (Å²) in [5.41, 5.74) is 1.48.